The van der Waals surface area contributed by atoms with Gasteiger partial charge in [0.15, 0.2) is 0 Å². The minimum atomic E-state index is -0.345. The molecular weight excluding hydrogens is 322 g/mol. The van der Waals surface area contributed by atoms with Gasteiger partial charge in [-0.3, -0.25) is 0 Å². The quantitative estimate of drug-likeness (QED) is 0.700. The van der Waals surface area contributed by atoms with Crippen LogP contribution >= 0.6 is 11.3 Å². The fraction of sp³-hybridized carbons (Fsp3) is 0.278. The van der Waals surface area contributed by atoms with Crippen LogP contribution in [0.4, 0.5) is 11.5 Å². The van der Waals surface area contributed by atoms with Gasteiger partial charge in [0, 0.05) is 5.69 Å². The first kappa shape index (κ1) is 16.4. The number of ether oxygens (including phenoxy) is 1. The second-order valence-corrected chi connectivity index (χ2v) is 6.85. The molecule has 0 unspecified atom stereocenters. The molecule has 3 rings (SSSR count). The minimum absolute atomic E-state index is 0.345. The number of thiophene rings is 1. The molecule has 0 fully saturated rings. The lowest BCUT2D eigenvalue weighted by Gasteiger charge is -2.09. The van der Waals surface area contributed by atoms with E-state index in [1.807, 2.05) is 19.1 Å². The summed E-state index contributed by atoms with van der Waals surface area (Å²) in [6.07, 6.45) is 1.50. The highest BCUT2D eigenvalue weighted by Gasteiger charge is 2.19. The summed E-state index contributed by atoms with van der Waals surface area (Å²) in [5, 5.41) is 4.18. The third-order valence-corrected chi connectivity index (χ3v) is 5.12. The van der Waals surface area contributed by atoms with Gasteiger partial charge in [0.05, 0.1) is 12.5 Å². The van der Waals surface area contributed by atoms with E-state index < -0.39 is 0 Å². The van der Waals surface area contributed by atoms with Crippen molar-refractivity contribution in [3.8, 4) is 0 Å². The summed E-state index contributed by atoms with van der Waals surface area (Å²) in [6.45, 7) is 6.22. The molecule has 0 radical (unpaired) electrons. The van der Waals surface area contributed by atoms with Crippen LogP contribution in [-0.4, -0.2) is 23.0 Å². The van der Waals surface area contributed by atoms with Crippen molar-refractivity contribution in [2.24, 2.45) is 0 Å². The predicted molar refractivity (Wildman–Crippen MR) is 97.3 cm³/mol. The number of fused-ring (bicyclic) bond motifs is 1. The van der Waals surface area contributed by atoms with E-state index in [-0.39, 0.29) is 5.97 Å². The number of rotatable bonds is 4. The molecule has 2 heterocycles. The Morgan fingerprint density at radius 3 is 2.54 bits per heavy atom. The topological polar surface area (TPSA) is 64.1 Å². The number of anilines is 2. The molecule has 1 N–H and O–H groups in total. The second-order valence-electron chi connectivity index (χ2n) is 5.85. The molecule has 24 heavy (non-hydrogen) atoms. The summed E-state index contributed by atoms with van der Waals surface area (Å²) in [5.41, 5.74) is 3.07. The van der Waals surface area contributed by atoms with Crippen LogP contribution in [0.25, 0.3) is 10.2 Å². The summed E-state index contributed by atoms with van der Waals surface area (Å²) >= 11 is 1.32. The highest BCUT2D eigenvalue weighted by Crippen LogP contribution is 2.34. The fourth-order valence-electron chi connectivity index (χ4n) is 2.54. The zero-order valence-electron chi connectivity index (χ0n) is 14.1. The Morgan fingerprint density at radius 1 is 1.21 bits per heavy atom. The van der Waals surface area contributed by atoms with Gasteiger partial charge in [0.25, 0.3) is 0 Å². The SMILES string of the molecule is COC(=O)c1sc2ncnc(Nc3ccc(C(C)C)cc3)c2c1C. The smallest absolute Gasteiger partial charge is 0.348 e. The van der Waals surface area contributed by atoms with Crippen molar-refractivity contribution in [2.75, 3.05) is 12.4 Å². The number of benzene rings is 1. The average Bonchev–Trinajstić information content (AvgIpc) is 2.92. The van der Waals surface area contributed by atoms with Crippen LogP contribution in [0.3, 0.4) is 0 Å². The number of nitrogens with zero attached hydrogens (tertiary/aromatic N) is 2. The molecule has 0 aliphatic heterocycles. The van der Waals surface area contributed by atoms with Crippen molar-refractivity contribution >= 4 is 39.0 Å². The average molecular weight is 341 g/mol. The molecule has 0 bridgehead atoms. The first-order valence-electron chi connectivity index (χ1n) is 7.70. The molecule has 2 aromatic heterocycles. The van der Waals surface area contributed by atoms with Gasteiger partial charge in [-0.05, 0) is 36.1 Å². The Bertz CT molecular complexity index is 885. The zero-order valence-corrected chi connectivity index (χ0v) is 14.9. The second kappa shape index (κ2) is 6.57. The van der Waals surface area contributed by atoms with Crippen LogP contribution in [0, 0.1) is 6.92 Å². The number of hydrogen-bond acceptors (Lipinski definition) is 6. The zero-order chi connectivity index (χ0) is 17.3. The number of carbonyl (C=O) groups excluding carboxylic acids is 1. The largest absolute Gasteiger partial charge is 0.465 e. The van der Waals surface area contributed by atoms with E-state index in [4.69, 9.17) is 4.74 Å². The van der Waals surface area contributed by atoms with Crippen LogP contribution in [0.5, 0.6) is 0 Å². The summed E-state index contributed by atoms with van der Waals surface area (Å²) in [7, 11) is 1.38. The third kappa shape index (κ3) is 2.97. The van der Waals surface area contributed by atoms with Crippen LogP contribution in [0.2, 0.25) is 0 Å². The van der Waals surface area contributed by atoms with E-state index in [1.54, 1.807) is 0 Å². The maximum atomic E-state index is 11.9. The van der Waals surface area contributed by atoms with Crippen LogP contribution in [0.15, 0.2) is 30.6 Å². The summed E-state index contributed by atoms with van der Waals surface area (Å²) in [4.78, 5) is 21.9. The molecule has 124 valence electrons. The lowest BCUT2D eigenvalue weighted by atomic mass is 10.0. The van der Waals surface area contributed by atoms with Crippen LogP contribution < -0.4 is 5.32 Å². The molecule has 6 heteroatoms. The standard InChI is InChI=1S/C18H19N3O2S/c1-10(2)12-5-7-13(8-6-12)21-16-14-11(3)15(18(22)23-4)24-17(14)20-9-19-16/h5-10H,1-4H3,(H,19,20,21). The minimum Gasteiger partial charge on any atom is -0.465 e. The van der Waals surface area contributed by atoms with Crippen molar-refractivity contribution in [2.45, 2.75) is 26.7 Å². The summed E-state index contributed by atoms with van der Waals surface area (Å²) in [6, 6.07) is 8.27. The Kier molecular flexibility index (Phi) is 4.49. The monoisotopic (exact) mass is 341 g/mol. The molecule has 0 saturated heterocycles. The molecule has 5 nitrogen and oxygen atoms in total. The van der Waals surface area contributed by atoms with Crippen molar-refractivity contribution < 1.29 is 9.53 Å². The maximum Gasteiger partial charge on any atom is 0.348 e. The molecule has 0 atom stereocenters. The molecule has 0 spiro atoms. The van der Waals surface area contributed by atoms with E-state index >= 15 is 0 Å². The van der Waals surface area contributed by atoms with Crippen molar-refractivity contribution in [1.29, 1.82) is 0 Å². The molecule has 0 amide bonds. The van der Waals surface area contributed by atoms with E-state index in [1.165, 1.54) is 30.3 Å². The molecule has 0 saturated carbocycles. The third-order valence-electron chi connectivity index (χ3n) is 3.94. The number of methoxy groups -OCH3 is 1. The lowest BCUT2D eigenvalue weighted by molar-refractivity contribution is 0.0605. The van der Waals surface area contributed by atoms with Gasteiger partial charge in [-0.15, -0.1) is 11.3 Å². The Hall–Kier alpha value is -2.47. The van der Waals surface area contributed by atoms with Gasteiger partial charge >= 0.3 is 5.97 Å². The van der Waals surface area contributed by atoms with Gasteiger partial charge in [-0.1, -0.05) is 26.0 Å². The number of hydrogen-bond donors (Lipinski definition) is 1. The number of aromatic nitrogens is 2. The summed E-state index contributed by atoms with van der Waals surface area (Å²) < 4.78 is 4.84. The van der Waals surface area contributed by atoms with Crippen LogP contribution in [0.1, 0.15) is 40.6 Å². The van der Waals surface area contributed by atoms with E-state index in [9.17, 15) is 4.79 Å². The van der Waals surface area contributed by atoms with Gasteiger partial charge in [0.1, 0.15) is 21.9 Å². The highest BCUT2D eigenvalue weighted by atomic mass is 32.1. The number of esters is 1. The molecule has 0 aliphatic rings. The molecule has 3 aromatic rings. The van der Waals surface area contributed by atoms with Gasteiger partial charge in [-0.25, -0.2) is 14.8 Å². The Morgan fingerprint density at radius 2 is 1.92 bits per heavy atom. The van der Waals surface area contributed by atoms with E-state index in [0.29, 0.717) is 16.6 Å². The van der Waals surface area contributed by atoms with Crippen LogP contribution in [-0.2, 0) is 4.74 Å². The molecule has 1 aromatic carbocycles. The lowest BCUT2D eigenvalue weighted by Crippen LogP contribution is -2.00. The van der Waals surface area contributed by atoms with Gasteiger partial charge in [0.2, 0.25) is 0 Å². The van der Waals surface area contributed by atoms with Crippen molar-refractivity contribution in [3.05, 3.63) is 46.6 Å². The number of nitrogens with one attached hydrogen (secondary N) is 1. The fourth-order valence-corrected chi connectivity index (χ4v) is 3.61. The molecule has 0 aliphatic carbocycles. The van der Waals surface area contributed by atoms with Gasteiger partial charge in [-0.2, -0.15) is 0 Å². The number of carbonyl (C=O) groups is 1. The van der Waals surface area contributed by atoms with Gasteiger partial charge < -0.3 is 10.1 Å². The van der Waals surface area contributed by atoms with Crippen molar-refractivity contribution in [3.63, 3.8) is 0 Å². The Balaban J connectivity index is 2.00. The maximum absolute atomic E-state index is 11.9. The molecular formula is C18H19N3O2S. The normalized spacial score (nSPS) is 11.0. The van der Waals surface area contributed by atoms with Crippen molar-refractivity contribution in [1.82, 2.24) is 9.97 Å². The first-order chi connectivity index (χ1) is 11.5. The van der Waals surface area contributed by atoms with E-state index in [0.717, 1.165) is 21.5 Å². The first-order valence-corrected chi connectivity index (χ1v) is 8.52. The summed E-state index contributed by atoms with van der Waals surface area (Å²) in [5.74, 6) is 0.843. The van der Waals surface area contributed by atoms with E-state index in [2.05, 4.69) is 41.3 Å². The highest BCUT2D eigenvalue weighted by molar-refractivity contribution is 7.20. The Labute approximate surface area is 144 Å². The predicted octanol–water partition coefficient (Wildman–Crippen LogP) is 4.65. The number of aryl methyl sites for hydroxylation is 1.